The van der Waals surface area contributed by atoms with Gasteiger partial charge in [0, 0.05) is 37.1 Å². The largest absolute Gasteiger partial charge is 0.325 e. The molecule has 6 rings (SSSR count). The summed E-state index contributed by atoms with van der Waals surface area (Å²) in [4.78, 5) is 7.92. The fourth-order valence-electron chi connectivity index (χ4n) is 7.33. The zero-order valence-corrected chi connectivity index (χ0v) is 24.6. The molecule has 1 unspecified atom stereocenters. The van der Waals surface area contributed by atoms with E-state index in [-0.39, 0.29) is 5.41 Å². The fourth-order valence-corrected chi connectivity index (χ4v) is 8.64. The van der Waals surface area contributed by atoms with Crippen molar-refractivity contribution in [2.75, 3.05) is 20.1 Å². The molecular weight excluding hydrogens is 516 g/mol. The lowest BCUT2D eigenvalue weighted by Gasteiger charge is -2.42. The maximum atomic E-state index is 13.4. The first-order valence-electron chi connectivity index (χ1n) is 14.5. The molecule has 2 bridgehead atoms. The predicted octanol–water partition coefficient (Wildman–Crippen LogP) is 6.18. The quantitative estimate of drug-likeness (QED) is 0.247. The van der Waals surface area contributed by atoms with E-state index in [9.17, 15) is 8.42 Å². The molecular formula is C33H40N4O2S. The monoisotopic (exact) mass is 556 g/mol. The molecule has 4 atom stereocenters. The molecule has 40 heavy (non-hydrogen) atoms. The number of para-hydroxylation sites is 2. The van der Waals surface area contributed by atoms with Gasteiger partial charge in [0.1, 0.15) is 5.82 Å². The van der Waals surface area contributed by atoms with Crippen molar-refractivity contribution >= 4 is 21.1 Å². The Kier molecular flexibility index (Phi) is 7.32. The minimum atomic E-state index is -3.58. The molecule has 0 spiro atoms. The number of imidazole rings is 1. The molecule has 1 aromatic heterocycles. The highest BCUT2D eigenvalue weighted by Gasteiger charge is 2.43. The van der Waals surface area contributed by atoms with Crippen LogP contribution in [0.4, 0.5) is 0 Å². The van der Waals surface area contributed by atoms with Crippen LogP contribution in [-0.4, -0.2) is 59.4 Å². The molecule has 0 radical (unpaired) electrons. The van der Waals surface area contributed by atoms with Gasteiger partial charge in [-0.2, -0.15) is 0 Å². The number of piperidine rings is 1. The number of rotatable bonds is 9. The Balaban J connectivity index is 1.20. The summed E-state index contributed by atoms with van der Waals surface area (Å²) >= 11 is 0. The van der Waals surface area contributed by atoms with Crippen molar-refractivity contribution in [1.82, 2.24) is 18.8 Å². The molecule has 0 aliphatic carbocycles. The first-order chi connectivity index (χ1) is 19.3. The summed E-state index contributed by atoms with van der Waals surface area (Å²) < 4.78 is 30.9. The Labute approximate surface area is 238 Å². The number of aromatic nitrogens is 2. The van der Waals surface area contributed by atoms with Crippen molar-refractivity contribution in [3.05, 3.63) is 96.3 Å². The van der Waals surface area contributed by atoms with Crippen LogP contribution in [0.2, 0.25) is 0 Å². The minimum Gasteiger partial charge on any atom is -0.325 e. The van der Waals surface area contributed by atoms with Gasteiger partial charge in [-0.25, -0.2) is 17.7 Å². The summed E-state index contributed by atoms with van der Waals surface area (Å²) in [5.74, 6) is 1.11. The molecule has 2 aliphatic rings. The SMILES string of the molecule is Cc1nc2ccccc2n1C1C[C@H]2CC[C@@H](C1)N2CC[C@](C)(CN(C)S(=O)(=O)c1ccccc1)c1ccccc1. The van der Waals surface area contributed by atoms with Crippen LogP contribution in [0.5, 0.6) is 0 Å². The highest BCUT2D eigenvalue weighted by atomic mass is 32.2. The van der Waals surface area contributed by atoms with Gasteiger partial charge in [0.25, 0.3) is 0 Å². The van der Waals surface area contributed by atoms with Crippen molar-refractivity contribution in [3.63, 3.8) is 0 Å². The zero-order valence-electron chi connectivity index (χ0n) is 23.8. The highest BCUT2D eigenvalue weighted by molar-refractivity contribution is 7.89. The third-order valence-electron chi connectivity index (χ3n) is 9.41. The van der Waals surface area contributed by atoms with E-state index in [0.717, 1.165) is 37.1 Å². The Morgan fingerprint density at radius 1 is 0.875 bits per heavy atom. The van der Waals surface area contributed by atoms with Crippen LogP contribution in [0.15, 0.2) is 89.8 Å². The molecule has 7 heteroatoms. The van der Waals surface area contributed by atoms with E-state index in [2.05, 4.69) is 71.8 Å². The second kappa shape index (κ2) is 10.8. The van der Waals surface area contributed by atoms with Crippen molar-refractivity contribution in [1.29, 1.82) is 0 Å². The minimum absolute atomic E-state index is 0.314. The molecule has 2 saturated heterocycles. The molecule has 4 aromatic rings. The fraction of sp³-hybridized carbons (Fsp3) is 0.424. The van der Waals surface area contributed by atoms with Crippen molar-refractivity contribution in [3.8, 4) is 0 Å². The third kappa shape index (κ3) is 5.00. The summed E-state index contributed by atoms with van der Waals surface area (Å²) in [5.41, 5.74) is 3.21. The number of benzene rings is 3. The van der Waals surface area contributed by atoms with E-state index in [0.29, 0.717) is 29.6 Å². The van der Waals surface area contributed by atoms with Gasteiger partial charge in [-0.1, -0.05) is 67.6 Å². The number of hydrogen-bond acceptors (Lipinski definition) is 4. The predicted molar refractivity (Wildman–Crippen MR) is 161 cm³/mol. The van der Waals surface area contributed by atoms with Gasteiger partial charge in [-0.3, -0.25) is 4.90 Å². The van der Waals surface area contributed by atoms with Gasteiger partial charge in [0.15, 0.2) is 0 Å². The van der Waals surface area contributed by atoms with E-state index in [1.165, 1.54) is 23.9 Å². The summed E-state index contributed by atoms with van der Waals surface area (Å²) in [7, 11) is -1.86. The smallest absolute Gasteiger partial charge is 0.242 e. The molecule has 0 N–H and O–H groups in total. The van der Waals surface area contributed by atoms with Crippen LogP contribution in [-0.2, 0) is 15.4 Å². The van der Waals surface area contributed by atoms with Gasteiger partial charge in [0.2, 0.25) is 10.0 Å². The van der Waals surface area contributed by atoms with E-state index in [1.54, 1.807) is 35.6 Å². The molecule has 6 nitrogen and oxygen atoms in total. The van der Waals surface area contributed by atoms with Crippen molar-refractivity contribution in [2.45, 2.75) is 74.4 Å². The van der Waals surface area contributed by atoms with Gasteiger partial charge >= 0.3 is 0 Å². The van der Waals surface area contributed by atoms with Gasteiger partial charge in [-0.15, -0.1) is 0 Å². The van der Waals surface area contributed by atoms with Crippen LogP contribution >= 0.6 is 0 Å². The molecule has 2 fully saturated rings. The highest BCUT2D eigenvalue weighted by Crippen LogP contribution is 2.43. The number of sulfonamides is 1. The average Bonchev–Trinajstić information content (AvgIpc) is 3.43. The maximum Gasteiger partial charge on any atom is 0.242 e. The first kappa shape index (κ1) is 27.2. The molecule has 3 heterocycles. The summed E-state index contributed by atoms with van der Waals surface area (Å²) in [5, 5.41) is 0. The Morgan fingerprint density at radius 3 is 2.15 bits per heavy atom. The lowest BCUT2D eigenvalue weighted by molar-refractivity contribution is 0.0966. The number of likely N-dealkylation sites (N-methyl/N-ethyl adjacent to an activating group) is 1. The van der Waals surface area contributed by atoms with Crippen LogP contribution < -0.4 is 0 Å². The molecule has 0 saturated carbocycles. The number of fused-ring (bicyclic) bond motifs is 3. The summed E-state index contributed by atoms with van der Waals surface area (Å²) in [6, 6.07) is 29.3. The molecule has 2 aliphatic heterocycles. The molecule has 3 aromatic carbocycles. The summed E-state index contributed by atoms with van der Waals surface area (Å²) in [6.07, 6.45) is 5.65. The van der Waals surface area contributed by atoms with Gasteiger partial charge < -0.3 is 4.57 Å². The molecule has 0 amide bonds. The van der Waals surface area contributed by atoms with Crippen LogP contribution in [0.25, 0.3) is 11.0 Å². The van der Waals surface area contributed by atoms with Gasteiger partial charge in [-0.05, 0) is 75.4 Å². The Hall–Kier alpha value is -3.00. The van der Waals surface area contributed by atoms with Crippen molar-refractivity contribution in [2.24, 2.45) is 0 Å². The number of aryl methyl sites for hydroxylation is 1. The van der Waals surface area contributed by atoms with E-state index in [1.807, 2.05) is 12.1 Å². The van der Waals surface area contributed by atoms with Crippen molar-refractivity contribution < 1.29 is 8.42 Å². The lowest BCUT2D eigenvalue weighted by Crippen LogP contribution is -2.47. The third-order valence-corrected chi connectivity index (χ3v) is 11.2. The van der Waals surface area contributed by atoms with Gasteiger partial charge in [0.05, 0.1) is 15.9 Å². The first-order valence-corrected chi connectivity index (χ1v) is 16.0. The topological polar surface area (TPSA) is 58.4 Å². The molecule has 210 valence electrons. The average molecular weight is 557 g/mol. The second-order valence-corrected chi connectivity index (χ2v) is 14.1. The van der Waals surface area contributed by atoms with E-state index < -0.39 is 10.0 Å². The summed E-state index contributed by atoms with van der Waals surface area (Å²) in [6.45, 7) is 5.77. The normalized spacial score (nSPS) is 23.1. The zero-order chi connectivity index (χ0) is 27.9. The Bertz CT molecular complexity index is 1560. The van der Waals surface area contributed by atoms with Crippen LogP contribution in [0, 0.1) is 6.92 Å². The number of hydrogen-bond donors (Lipinski definition) is 0. The van der Waals surface area contributed by atoms with E-state index >= 15 is 0 Å². The number of nitrogens with zero attached hydrogens (tertiary/aromatic N) is 4. The maximum absolute atomic E-state index is 13.4. The van der Waals surface area contributed by atoms with Crippen LogP contribution in [0.3, 0.4) is 0 Å². The van der Waals surface area contributed by atoms with Crippen LogP contribution in [0.1, 0.15) is 56.5 Å². The Morgan fingerprint density at radius 2 is 1.48 bits per heavy atom. The van der Waals surface area contributed by atoms with E-state index in [4.69, 9.17) is 4.98 Å². The second-order valence-electron chi connectivity index (χ2n) is 12.0. The lowest BCUT2D eigenvalue weighted by atomic mass is 9.79. The standard InChI is InChI=1S/C33H40N4O2S/c1-25-34-31-16-10-11-17-32(31)37(25)29-22-27-18-19-28(23-29)36(27)21-20-33(2,26-12-6-4-7-13-26)24-35(3)40(38,39)30-14-8-5-9-15-30/h4-17,27-29H,18-24H2,1-3H3/t27-,28+,29?,33-/m1/s1.